The summed E-state index contributed by atoms with van der Waals surface area (Å²) >= 11 is 0. The molecule has 0 radical (unpaired) electrons. The topological polar surface area (TPSA) is 122 Å². The van der Waals surface area contributed by atoms with Crippen LogP contribution >= 0.6 is 0 Å². The standard InChI is InChI=1S/C15H12F3N3O6/c16-15(17,18)7-19-14(26)20-10(22)6-27-11(23)5-21-12(24)8-3-1-2-4-9(8)13(21)25/h1-4H,5-7H2,(H2,19,20,22,26). The molecule has 0 atom stereocenters. The predicted molar refractivity (Wildman–Crippen MR) is 80.4 cm³/mol. The van der Waals surface area contributed by atoms with Crippen LogP contribution in [0, 0.1) is 0 Å². The molecule has 12 heteroatoms. The van der Waals surface area contributed by atoms with Gasteiger partial charge in [0.2, 0.25) is 0 Å². The minimum Gasteiger partial charge on any atom is -0.454 e. The predicted octanol–water partition coefficient (Wildman–Crippen LogP) is 0.214. The molecule has 2 N–H and O–H groups in total. The first-order valence-electron chi connectivity index (χ1n) is 7.34. The number of halogens is 3. The fourth-order valence-electron chi connectivity index (χ4n) is 2.09. The summed E-state index contributed by atoms with van der Waals surface area (Å²) in [7, 11) is 0. The Kier molecular flexibility index (Phi) is 5.78. The molecular formula is C15H12F3N3O6. The number of esters is 1. The number of urea groups is 1. The van der Waals surface area contributed by atoms with Gasteiger partial charge in [0.1, 0.15) is 13.1 Å². The van der Waals surface area contributed by atoms with E-state index < -0.39 is 55.6 Å². The van der Waals surface area contributed by atoms with Crippen LogP contribution in [0.1, 0.15) is 20.7 Å². The number of nitrogens with one attached hydrogen (secondary N) is 2. The molecule has 0 aliphatic carbocycles. The van der Waals surface area contributed by atoms with Gasteiger partial charge in [-0.25, -0.2) is 4.79 Å². The molecule has 0 aromatic heterocycles. The van der Waals surface area contributed by atoms with E-state index in [-0.39, 0.29) is 11.1 Å². The molecule has 144 valence electrons. The molecule has 1 heterocycles. The van der Waals surface area contributed by atoms with Gasteiger partial charge in [0.15, 0.2) is 6.61 Å². The number of carbonyl (C=O) groups is 5. The SMILES string of the molecule is O=C(COC(=O)CN1C(=O)c2ccccc2C1=O)NC(=O)NCC(F)(F)F. The van der Waals surface area contributed by atoms with Crippen molar-refractivity contribution >= 4 is 29.7 Å². The van der Waals surface area contributed by atoms with E-state index in [4.69, 9.17) is 0 Å². The monoisotopic (exact) mass is 387 g/mol. The quantitative estimate of drug-likeness (QED) is 0.550. The third-order valence-corrected chi connectivity index (χ3v) is 3.23. The summed E-state index contributed by atoms with van der Waals surface area (Å²) in [5.74, 6) is -3.71. The Morgan fingerprint density at radius 3 is 2.11 bits per heavy atom. The van der Waals surface area contributed by atoms with Crippen molar-refractivity contribution < 1.29 is 41.9 Å². The van der Waals surface area contributed by atoms with Crippen molar-refractivity contribution in [3.8, 4) is 0 Å². The summed E-state index contributed by atoms with van der Waals surface area (Å²) < 4.78 is 40.2. The van der Waals surface area contributed by atoms with Gasteiger partial charge in [-0.1, -0.05) is 12.1 Å². The zero-order valence-corrected chi connectivity index (χ0v) is 13.5. The van der Waals surface area contributed by atoms with Crippen molar-refractivity contribution in [1.82, 2.24) is 15.5 Å². The van der Waals surface area contributed by atoms with E-state index in [1.54, 1.807) is 12.1 Å². The highest BCUT2D eigenvalue weighted by atomic mass is 19.4. The highest BCUT2D eigenvalue weighted by Gasteiger charge is 2.36. The van der Waals surface area contributed by atoms with Crippen LogP contribution < -0.4 is 10.6 Å². The van der Waals surface area contributed by atoms with Gasteiger partial charge in [-0.05, 0) is 12.1 Å². The molecule has 0 bridgehead atoms. The lowest BCUT2D eigenvalue weighted by Crippen LogP contribution is -2.45. The van der Waals surface area contributed by atoms with Crippen LogP contribution in [0.2, 0.25) is 0 Å². The maximum absolute atomic E-state index is 12.1. The third kappa shape index (κ3) is 5.26. The van der Waals surface area contributed by atoms with Crippen LogP contribution in [0.3, 0.4) is 0 Å². The third-order valence-electron chi connectivity index (χ3n) is 3.23. The van der Waals surface area contributed by atoms with Crippen molar-refractivity contribution in [2.24, 2.45) is 0 Å². The van der Waals surface area contributed by atoms with Crippen LogP contribution in [0.15, 0.2) is 24.3 Å². The molecule has 1 aliphatic rings. The largest absolute Gasteiger partial charge is 0.454 e. The first-order valence-corrected chi connectivity index (χ1v) is 7.34. The maximum Gasteiger partial charge on any atom is 0.405 e. The summed E-state index contributed by atoms with van der Waals surface area (Å²) in [5.41, 5.74) is 0.240. The number of fused-ring (bicyclic) bond motifs is 1. The Labute approximate surface area is 149 Å². The highest BCUT2D eigenvalue weighted by Crippen LogP contribution is 2.22. The van der Waals surface area contributed by atoms with E-state index in [2.05, 4.69) is 4.74 Å². The molecule has 27 heavy (non-hydrogen) atoms. The second-order valence-electron chi connectivity index (χ2n) is 5.25. The molecule has 1 aromatic carbocycles. The van der Waals surface area contributed by atoms with Crippen molar-refractivity contribution in [3.05, 3.63) is 35.4 Å². The van der Waals surface area contributed by atoms with E-state index in [0.29, 0.717) is 4.90 Å². The average Bonchev–Trinajstić information content (AvgIpc) is 2.83. The smallest absolute Gasteiger partial charge is 0.405 e. The van der Waals surface area contributed by atoms with Crippen molar-refractivity contribution in [2.45, 2.75) is 6.18 Å². The first kappa shape index (κ1) is 19.9. The average molecular weight is 387 g/mol. The Morgan fingerprint density at radius 2 is 1.59 bits per heavy atom. The van der Waals surface area contributed by atoms with Gasteiger partial charge in [-0.3, -0.25) is 29.4 Å². The summed E-state index contributed by atoms with van der Waals surface area (Å²) in [6.45, 7) is -3.40. The number of rotatable bonds is 5. The lowest BCUT2D eigenvalue weighted by molar-refractivity contribution is -0.148. The van der Waals surface area contributed by atoms with Gasteiger partial charge in [-0.2, -0.15) is 13.2 Å². The molecule has 9 nitrogen and oxygen atoms in total. The Morgan fingerprint density at radius 1 is 1.04 bits per heavy atom. The molecule has 2 rings (SSSR count). The zero-order valence-electron chi connectivity index (χ0n) is 13.5. The molecule has 0 saturated heterocycles. The molecule has 5 amide bonds. The van der Waals surface area contributed by atoms with Crippen molar-refractivity contribution in [3.63, 3.8) is 0 Å². The number of imide groups is 2. The summed E-state index contributed by atoms with van der Waals surface area (Å²) in [6.07, 6.45) is -4.65. The number of nitrogens with zero attached hydrogens (tertiary/aromatic N) is 1. The van der Waals surface area contributed by atoms with E-state index in [0.717, 1.165) is 0 Å². The van der Waals surface area contributed by atoms with Crippen LogP contribution in [-0.2, 0) is 14.3 Å². The maximum atomic E-state index is 12.1. The molecule has 0 fully saturated rings. The second kappa shape index (κ2) is 7.85. The minimum atomic E-state index is -4.65. The summed E-state index contributed by atoms with van der Waals surface area (Å²) in [4.78, 5) is 58.8. The van der Waals surface area contributed by atoms with E-state index in [9.17, 15) is 37.1 Å². The van der Waals surface area contributed by atoms with Crippen LogP contribution in [-0.4, -0.2) is 60.5 Å². The number of benzene rings is 1. The zero-order chi connectivity index (χ0) is 20.2. The Hall–Kier alpha value is -3.44. The summed E-state index contributed by atoms with van der Waals surface area (Å²) in [5, 5.41) is 2.91. The second-order valence-corrected chi connectivity index (χ2v) is 5.25. The van der Waals surface area contributed by atoms with Crippen LogP contribution in [0.25, 0.3) is 0 Å². The lowest BCUT2D eigenvalue weighted by Gasteiger charge is -2.13. The van der Waals surface area contributed by atoms with Crippen LogP contribution in [0.4, 0.5) is 18.0 Å². The number of alkyl halides is 3. The molecule has 0 saturated carbocycles. The normalized spacial score (nSPS) is 13.2. The van der Waals surface area contributed by atoms with E-state index in [1.807, 2.05) is 0 Å². The Balaban J connectivity index is 1.78. The Bertz CT molecular complexity index is 773. The van der Waals surface area contributed by atoms with Gasteiger partial charge in [-0.15, -0.1) is 0 Å². The van der Waals surface area contributed by atoms with Gasteiger partial charge >= 0.3 is 18.2 Å². The van der Waals surface area contributed by atoms with E-state index in [1.165, 1.54) is 22.8 Å². The number of amides is 5. The lowest BCUT2D eigenvalue weighted by atomic mass is 10.1. The van der Waals surface area contributed by atoms with E-state index >= 15 is 0 Å². The first-order chi connectivity index (χ1) is 12.6. The molecule has 0 unspecified atom stereocenters. The van der Waals surface area contributed by atoms with Gasteiger partial charge in [0.05, 0.1) is 11.1 Å². The molecular weight excluding hydrogens is 375 g/mol. The number of carbonyl (C=O) groups excluding carboxylic acids is 5. The number of hydrogen-bond donors (Lipinski definition) is 2. The van der Waals surface area contributed by atoms with Gasteiger partial charge in [0.25, 0.3) is 17.7 Å². The molecule has 1 aromatic rings. The summed E-state index contributed by atoms with van der Waals surface area (Å²) in [6, 6.07) is 4.48. The van der Waals surface area contributed by atoms with Crippen molar-refractivity contribution in [2.75, 3.05) is 19.7 Å². The molecule has 1 aliphatic heterocycles. The van der Waals surface area contributed by atoms with Crippen LogP contribution in [0.5, 0.6) is 0 Å². The minimum absolute atomic E-state index is 0.120. The fourth-order valence-corrected chi connectivity index (χ4v) is 2.09. The molecule has 0 spiro atoms. The number of hydrogen-bond acceptors (Lipinski definition) is 6. The van der Waals surface area contributed by atoms with Gasteiger partial charge < -0.3 is 10.1 Å². The fraction of sp³-hybridized carbons (Fsp3) is 0.267. The highest BCUT2D eigenvalue weighted by molar-refractivity contribution is 6.22. The number of ether oxygens (including phenoxy) is 1. The van der Waals surface area contributed by atoms with Gasteiger partial charge in [0, 0.05) is 0 Å². The van der Waals surface area contributed by atoms with Crippen molar-refractivity contribution in [1.29, 1.82) is 0 Å².